The van der Waals surface area contributed by atoms with Gasteiger partial charge in [-0.25, -0.2) is 4.98 Å². The molecule has 0 aliphatic heterocycles. The Kier molecular flexibility index (Phi) is 5.35. The van der Waals surface area contributed by atoms with Gasteiger partial charge in [0.1, 0.15) is 28.5 Å². The quantitative estimate of drug-likeness (QED) is 0.628. The summed E-state index contributed by atoms with van der Waals surface area (Å²) in [7, 11) is 0. The maximum atomic E-state index is 9.76. The lowest BCUT2D eigenvalue weighted by Crippen LogP contribution is -2.03. The largest absolute Gasteiger partial charge is 0.383 e. The molecule has 3 rings (SSSR count). The highest BCUT2D eigenvalue weighted by atomic mass is 35.5. The third-order valence-corrected chi connectivity index (χ3v) is 5.32. The van der Waals surface area contributed by atoms with Crippen LogP contribution in [0.5, 0.6) is 0 Å². The van der Waals surface area contributed by atoms with E-state index in [1.165, 1.54) is 11.8 Å². The number of nitrogen functional groups attached to an aromatic ring is 1. The van der Waals surface area contributed by atoms with Crippen LogP contribution >= 0.6 is 35.0 Å². The van der Waals surface area contributed by atoms with Crippen LogP contribution in [-0.4, -0.2) is 4.98 Å². The summed E-state index contributed by atoms with van der Waals surface area (Å²) in [5.41, 5.74) is 7.39. The van der Waals surface area contributed by atoms with Gasteiger partial charge in [0.15, 0.2) is 0 Å². The first kappa shape index (κ1) is 18.1. The highest BCUT2D eigenvalue weighted by Gasteiger charge is 2.21. The molecule has 2 aromatic carbocycles. The van der Waals surface area contributed by atoms with E-state index < -0.39 is 0 Å². The van der Waals surface area contributed by atoms with Crippen LogP contribution in [0, 0.1) is 22.7 Å². The molecule has 0 unspecified atom stereocenters. The summed E-state index contributed by atoms with van der Waals surface area (Å²) in [6.07, 6.45) is 0. The second-order valence-electron chi connectivity index (χ2n) is 5.19. The van der Waals surface area contributed by atoms with Crippen molar-refractivity contribution in [2.45, 2.75) is 9.92 Å². The van der Waals surface area contributed by atoms with E-state index in [4.69, 9.17) is 28.9 Å². The predicted octanol–water partition coefficient (Wildman–Crippen LogP) is 5.53. The number of rotatable bonds is 3. The first-order valence-electron chi connectivity index (χ1n) is 7.37. The van der Waals surface area contributed by atoms with Crippen LogP contribution in [0.25, 0.3) is 11.1 Å². The van der Waals surface area contributed by atoms with Crippen LogP contribution in [0.4, 0.5) is 5.82 Å². The SMILES string of the molecule is N#Cc1c(N)nc(Sc2ccccc2)c(C#N)c1-c1ccc(Cl)c(Cl)c1. The number of nitrogens with zero attached hydrogens (tertiary/aromatic N) is 3. The Morgan fingerprint density at radius 1 is 0.923 bits per heavy atom. The summed E-state index contributed by atoms with van der Waals surface area (Å²) in [5, 5.41) is 20.4. The van der Waals surface area contributed by atoms with E-state index in [1.807, 2.05) is 36.4 Å². The van der Waals surface area contributed by atoms with E-state index >= 15 is 0 Å². The lowest BCUT2D eigenvalue weighted by atomic mass is 9.97. The fourth-order valence-electron chi connectivity index (χ4n) is 2.41. The number of nitriles is 2. The van der Waals surface area contributed by atoms with Gasteiger partial charge in [0.25, 0.3) is 0 Å². The highest BCUT2D eigenvalue weighted by Crippen LogP contribution is 2.39. The average Bonchev–Trinajstić information content (AvgIpc) is 2.64. The van der Waals surface area contributed by atoms with E-state index in [1.54, 1.807) is 18.2 Å². The van der Waals surface area contributed by atoms with Crippen LogP contribution < -0.4 is 5.73 Å². The summed E-state index contributed by atoms with van der Waals surface area (Å²) in [4.78, 5) is 5.18. The number of aromatic nitrogens is 1. The van der Waals surface area contributed by atoms with Crippen LogP contribution in [0.3, 0.4) is 0 Å². The molecule has 0 saturated carbocycles. The molecular formula is C19H10Cl2N4S. The first-order valence-corrected chi connectivity index (χ1v) is 8.94. The van der Waals surface area contributed by atoms with Gasteiger partial charge in [-0.05, 0) is 29.8 Å². The maximum Gasteiger partial charge on any atom is 0.143 e. The van der Waals surface area contributed by atoms with Gasteiger partial charge in [-0.2, -0.15) is 10.5 Å². The molecule has 2 N–H and O–H groups in total. The predicted molar refractivity (Wildman–Crippen MR) is 104 cm³/mol. The fourth-order valence-corrected chi connectivity index (χ4v) is 3.62. The molecule has 0 aliphatic carbocycles. The summed E-state index contributed by atoms with van der Waals surface area (Å²) in [5.74, 6) is 0.0611. The summed E-state index contributed by atoms with van der Waals surface area (Å²) >= 11 is 13.4. The minimum absolute atomic E-state index is 0.0611. The van der Waals surface area contributed by atoms with Crippen LogP contribution in [-0.2, 0) is 0 Å². The third-order valence-electron chi connectivity index (χ3n) is 3.58. The fraction of sp³-hybridized carbons (Fsp3) is 0. The van der Waals surface area contributed by atoms with Crippen molar-refractivity contribution < 1.29 is 0 Å². The first-order chi connectivity index (χ1) is 12.5. The Morgan fingerprint density at radius 3 is 2.23 bits per heavy atom. The molecule has 0 aliphatic rings. The molecule has 1 heterocycles. The van der Waals surface area contributed by atoms with Gasteiger partial charge in [0.2, 0.25) is 0 Å². The van der Waals surface area contributed by atoms with Gasteiger partial charge >= 0.3 is 0 Å². The van der Waals surface area contributed by atoms with Gasteiger partial charge in [0.05, 0.1) is 15.6 Å². The lowest BCUT2D eigenvalue weighted by molar-refractivity contribution is 1.11. The number of pyridine rings is 1. The number of hydrogen-bond acceptors (Lipinski definition) is 5. The molecule has 3 aromatic rings. The molecule has 0 atom stereocenters. The Hall–Kier alpha value is -2.70. The molecule has 126 valence electrons. The maximum absolute atomic E-state index is 9.76. The Labute approximate surface area is 164 Å². The van der Waals surface area contributed by atoms with Crippen molar-refractivity contribution in [1.82, 2.24) is 4.98 Å². The average molecular weight is 397 g/mol. The normalized spacial score (nSPS) is 10.2. The zero-order valence-corrected chi connectivity index (χ0v) is 15.5. The van der Waals surface area contributed by atoms with Gasteiger partial charge in [-0.15, -0.1) is 0 Å². The molecule has 0 bridgehead atoms. The summed E-state index contributed by atoms with van der Waals surface area (Å²) in [6.45, 7) is 0. The number of hydrogen-bond donors (Lipinski definition) is 1. The smallest absolute Gasteiger partial charge is 0.143 e. The van der Waals surface area contributed by atoms with Crippen molar-refractivity contribution in [2.24, 2.45) is 0 Å². The van der Waals surface area contributed by atoms with Gasteiger partial charge < -0.3 is 5.73 Å². The molecule has 0 radical (unpaired) electrons. The molecule has 26 heavy (non-hydrogen) atoms. The second-order valence-corrected chi connectivity index (χ2v) is 7.07. The van der Waals surface area contributed by atoms with Crippen LogP contribution in [0.2, 0.25) is 10.0 Å². The van der Waals surface area contributed by atoms with E-state index in [9.17, 15) is 10.5 Å². The van der Waals surface area contributed by atoms with Crippen molar-refractivity contribution in [2.75, 3.05) is 5.73 Å². The zero-order valence-electron chi connectivity index (χ0n) is 13.2. The standard InChI is InChI=1S/C19H10Cl2N4S/c20-15-7-6-11(8-16(15)21)17-13(9-22)18(24)25-19(14(17)10-23)26-12-4-2-1-3-5-12/h1-8H,(H2,24,25). The molecule has 7 heteroatoms. The summed E-state index contributed by atoms with van der Waals surface area (Å²) < 4.78 is 0. The molecule has 0 amide bonds. The van der Waals surface area contributed by atoms with Gasteiger partial charge in [-0.1, -0.05) is 59.2 Å². The second kappa shape index (κ2) is 7.68. The van der Waals surface area contributed by atoms with E-state index in [-0.39, 0.29) is 16.9 Å². The van der Waals surface area contributed by atoms with Crippen molar-refractivity contribution in [3.05, 3.63) is 69.7 Å². The molecule has 0 spiro atoms. The summed E-state index contributed by atoms with van der Waals surface area (Å²) in [6, 6.07) is 18.6. The molecular weight excluding hydrogens is 387 g/mol. The minimum atomic E-state index is 0.0611. The highest BCUT2D eigenvalue weighted by molar-refractivity contribution is 7.99. The van der Waals surface area contributed by atoms with Crippen LogP contribution in [0.1, 0.15) is 11.1 Å². The monoisotopic (exact) mass is 396 g/mol. The Balaban J connectivity index is 2.26. The van der Waals surface area contributed by atoms with E-state index in [2.05, 4.69) is 11.1 Å². The molecule has 0 fully saturated rings. The molecule has 4 nitrogen and oxygen atoms in total. The molecule has 1 aromatic heterocycles. The Bertz CT molecular complexity index is 1070. The number of nitrogens with two attached hydrogens (primary N) is 1. The number of benzene rings is 2. The lowest BCUT2D eigenvalue weighted by Gasteiger charge is -2.13. The van der Waals surface area contributed by atoms with Crippen molar-refractivity contribution in [3.63, 3.8) is 0 Å². The van der Waals surface area contributed by atoms with Crippen molar-refractivity contribution >= 4 is 40.8 Å². The topological polar surface area (TPSA) is 86.5 Å². The van der Waals surface area contributed by atoms with Crippen molar-refractivity contribution in [3.8, 4) is 23.3 Å². The zero-order chi connectivity index (χ0) is 18.7. The third kappa shape index (κ3) is 3.47. The van der Waals surface area contributed by atoms with Gasteiger partial charge in [-0.3, -0.25) is 0 Å². The number of anilines is 1. The van der Waals surface area contributed by atoms with E-state index in [0.29, 0.717) is 26.2 Å². The Morgan fingerprint density at radius 2 is 1.62 bits per heavy atom. The van der Waals surface area contributed by atoms with E-state index in [0.717, 1.165) is 4.90 Å². The van der Waals surface area contributed by atoms with Crippen molar-refractivity contribution in [1.29, 1.82) is 10.5 Å². The molecule has 0 saturated heterocycles. The van der Waals surface area contributed by atoms with Crippen LogP contribution in [0.15, 0.2) is 58.5 Å². The van der Waals surface area contributed by atoms with Gasteiger partial charge in [0, 0.05) is 10.5 Å². The number of halogens is 2. The minimum Gasteiger partial charge on any atom is -0.383 e.